The molecule has 6 heteroatoms. The highest BCUT2D eigenvalue weighted by Crippen LogP contribution is 2.21. The summed E-state index contributed by atoms with van der Waals surface area (Å²) in [4.78, 5) is 17.7. The molecular weight excluding hydrogens is 398 g/mol. The number of fused-ring (bicyclic) bond motifs is 1. The second-order valence-corrected chi connectivity index (χ2v) is 6.95. The van der Waals surface area contributed by atoms with Crippen molar-refractivity contribution in [2.75, 3.05) is 0 Å². The molecule has 0 fully saturated rings. The molecule has 0 saturated heterocycles. The number of hydrogen-bond donors (Lipinski definition) is 0. The average Bonchev–Trinajstić information content (AvgIpc) is 2.70. The molecule has 0 saturated carbocycles. The third-order valence-corrected chi connectivity index (χ3v) is 4.80. The Morgan fingerprint density at radius 2 is 1.68 bits per heavy atom. The number of halogens is 3. The second-order valence-electron chi connectivity index (χ2n) is 6.11. The Kier molecular flexibility index (Phi) is 4.99. The van der Waals surface area contributed by atoms with E-state index in [1.54, 1.807) is 36.4 Å². The van der Waals surface area contributed by atoms with Crippen molar-refractivity contribution in [3.05, 3.63) is 104 Å². The predicted octanol–water partition coefficient (Wildman–Crippen LogP) is 6.00. The summed E-state index contributed by atoms with van der Waals surface area (Å²) in [5.74, 6) is -0.146. The van der Waals surface area contributed by atoms with Gasteiger partial charge in [-0.2, -0.15) is 0 Å². The van der Waals surface area contributed by atoms with Gasteiger partial charge < -0.3 is 0 Å². The quantitative estimate of drug-likeness (QED) is 0.414. The van der Waals surface area contributed by atoms with Crippen molar-refractivity contribution >= 4 is 46.3 Å². The molecule has 0 aliphatic heterocycles. The standard InChI is InChI=1S/C22H13Cl2FN2O/c23-15-8-5-14(6-9-15)7-12-21-26-20-4-2-1-3-17(20)22(28)27(21)16-10-11-19(25)18(24)13-16/h1-13H. The Labute approximate surface area is 170 Å². The van der Waals surface area contributed by atoms with E-state index in [1.165, 1.54) is 22.8 Å². The second kappa shape index (κ2) is 7.58. The number of benzene rings is 3. The van der Waals surface area contributed by atoms with Crippen LogP contribution < -0.4 is 5.56 Å². The molecule has 3 nitrogen and oxygen atoms in total. The van der Waals surface area contributed by atoms with Crippen molar-refractivity contribution in [1.29, 1.82) is 0 Å². The van der Waals surface area contributed by atoms with E-state index >= 15 is 0 Å². The summed E-state index contributed by atoms with van der Waals surface area (Å²) in [6, 6.07) is 18.5. The van der Waals surface area contributed by atoms with E-state index in [0.29, 0.717) is 27.4 Å². The van der Waals surface area contributed by atoms with Crippen molar-refractivity contribution in [2.45, 2.75) is 0 Å². The van der Waals surface area contributed by atoms with Crippen LogP contribution in [-0.2, 0) is 0 Å². The van der Waals surface area contributed by atoms with Gasteiger partial charge in [-0.3, -0.25) is 9.36 Å². The molecule has 0 aliphatic carbocycles. The third kappa shape index (κ3) is 3.57. The first kappa shape index (κ1) is 18.4. The van der Waals surface area contributed by atoms with Crippen LogP contribution in [0.4, 0.5) is 4.39 Å². The van der Waals surface area contributed by atoms with Crippen LogP contribution in [0, 0.1) is 5.82 Å². The van der Waals surface area contributed by atoms with Crippen LogP contribution in [0.2, 0.25) is 10.0 Å². The summed E-state index contributed by atoms with van der Waals surface area (Å²) in [5.41, 5.74) is 1.65. The van der Waals surface area contributed by atoms with E-state index in [9.17, 15) is 9.18 Å². The van der Waals surface area contributed by atoms with Crippen LogP contribution >= 0.6 is 23.2 Å². The molecule has 138 valence electrons. The third-order valence-electron chi connectivity index (χ3n) is 4.26. The molecule has 1 heterocycles. The summed E-state index contributed by atoms with van der Waals surface area (Å²) in [6.07, 6.45) is 3.56. The Bertz CT molecular complexity index is 1260. The van der Waals surface area contributed by atoms with E-state index in [4.69, 9.17) is 23.2 Å². The Morgan fingerprint density at radius 3 is 2.43 bits per heavy atom. The molecule has 0 amide bonds. The zero-order valence-electron chi connectivity index (χ0n) is 14.4. The molecular formula is C22H13Cl2FN2O. The van der Waals surface area contributed by atoms with Crippen LogP contribution in [0.1, 0.15) is 11.4 Å². The SMILES string of the molecule is O=c1c2ccccc2nc(C=Cc2ccc(Cl)cc2)n1-c1ccc(F)c(Cl)c1. The zero-order valence-corrected chi connectivity index (χ0v) is 16.0. The summed E-state index contributed by atoms with van der Waals surface area (Å²) in [7, 11) is 0. The van der Waals surface area contributed by atoms with Crippen LogP contribution in [0.5, 0.6) is 0 Å². The van der Waals surface area contributed by atoms with E-state index < -0.39 is 5.82 Å². The van der Waals surface area contributed by atoms with Gasteiger partial charge in [-0.15, -0.1) is 0 Å². The van der Waals surface area contributed by atoms with Crippen molar-refractivity contribution < 1.29 is 4.39 Å². The molecule has 0 unspecified atom stereocenters. The fourth-order valence-electron chi connectivity index (χ4n) is 2.88. The molecule has 3 aromatic carbocycles. The molecule has 0 radical (unpaired) electrons. The van der Waals surface area contributed by atoms with Gasteiger partial charge in [-0.25, -0.2) is 9.37 Å². The lowest BCUT2D eigenvalue weighted by Crippen LogP contribution is -2.22. The average molecular weight is 411 g/mol. The maximum Gasteiger partial charge on any atom is 0.266 e. The molecule has 0 bridgehead atoms. The summed E-state index contributed by atoms with van der Waals surface area (Å²) >= 11 is 11.9. The van der Waals surface area contributed by atoms with Crippen molar-refractivity contribution in [1.82, 2.24) is 9.55 Å². The lowest BCUT2D eigenvalue weighted by molar-refractivity contribution is 0.627. The number of nitrogens with zero attached hydrogens (tertiary/aromatic N) is 2. The van der Waals surface area contributed by atoms with Gasteiger partial charge >= 0.3 is 0 Å². The van der Waals surface area contributed by atoms with Gasteiger partial charge in [-0.1, -0.05) is 53.5 Å². The van der Waals surface area contributed by atoms with Crippen molar-refractivity contribution in [3.8, 4) is 5.69 Å². The monoisotopic (exact) mass is 410 g/mol. The Morgan fingerprint density at radius 1 is 0.929 bits per heavy atom. The van der Waals surface area contributed by atoms with E-state index in [0.717, 1.165) is 5.56 Å². The predicted molar refractivity (Wildman–Crippen MR) is 113 cm³/mol. The van der Waals surface area contributed by atoms with Crippen LogP contribution in [0.15, 0.2) is 71.5 Å². The van der Waals surface area contributed by atoms with Crippen molar-refractivity contribution in [2.24, 2.45) is 0 Å². The first-order valence-electron chi connectivity index (χ1n) is 8.44. The molecule has 0 aliphatic rings. The van der Waals surface area contributed by atoms with Gasteiger partial charge in [0.15, 0.2) is 0 Å². The Balaban J connectivity index is 1.94. The fourth-order valence-corrected chi connectivity index (χ4v) is 3.18. The number of hydrogen-bond acceptors (Lipinski definition) is 2. The highest BCUT2D eigenvalue weighted by Gasteiger charge is 2.12. The van der Waals surface area contributed by atoms with Gasteiger partial charge in [0.1, 0.15) is 11.6 Å². The van der Waals surface area contributed by atoms with E-state index in [1.807, 2.05) is 24.3 Å². The van der Waals surface area contributed by atoms with E-state index in [2.05, 4.69) is 4.98 Å². The topological polar surface area (TPSA) is 34.9 Å². The van der Waals surface area contributed by atoms with Crippen LogP contribution in [0.3, 0.4) is 0 Å². The zero-order chi connectivity index (χ0) is 19.7. The maximum absolute atomic E-state index is 13.6. The number of rotatable bonds is 3. The minimum atomic E-state index is -0.550. The fraction of sp³-hybridized carbons (Fsp3) is 0. The first-order chi connectivity index (χ1) is 13.5. The van der Waals surface area contributed by atoms with Gasteiger partial charge in [0, 0.05) is 5.02 Å². The lowest BCUT2D eigenvalue weighted by Gasteiger charge is -2.12. The maximum atomic E-state index is 13.6. The number of para-hydroxylation sites is 1. The molecule has 0 N–H and O–H groups in total. The molecule has 4 rings (SSSR count). The minimum absolute atomic E-state index is 0.0646. The lowest BCUT2D eigenvalue weighted by atomic mass is 10.2. The van der Waals surface area contributed by atoms with Gasteiger partial charge in [0.05, 0.1) is 21.6 Å². The highest BCUT2D eigenvalue weighted by atomic mass is 35.5. The van der Waals surface area contributed by atoms with Gasteiger partial charge in [0.2, 0.25) is 0 Å². The smallest absolute Gasteiger partial charge is 0.266 e. The van der Waals surface area contributed by atoms with E-state index in [-0.39, 0.29) is 10.6 Å². The minimum Gasteiger partial charge on any atom is -0.268 e. The van der Waals surface area contributed by atoms with Crippen LogP contribution in [0.25, 0.3) is 28.7 Å². The molecule has 28 heavy (non-hydrogen) atoms. The molecule has 0 atom stereocenters. The summed E-state index contributed by atoms with van der Waals surface area (Å²) < 4.78 is 15.0. The first-order valence-corrected chi connectivity index (χ1v) is 9.19. The summed E-state index contributed by atoms with van der Waals surface area (Å²) in [6.45, 7) is 0. The molecule has 0 spiro atoms. The van der Waals surface area contributed by atoms with Crippen LogP contribution in [-0.4, -0.2) is 9.55 Å². The van der Waals surface area contributed by atoms with Gasteiger partial charge in [0.25, 0.3) is 5.56 Å². The Hall–Kier alpha value is -2.95. The van der Waals surface area contributed by atoms with Crippen molar-refractivity contribution in [3.63, 3.8) is 0 Å². The highest BCUT2D eigenvalue weighted by molar-refractivity contribution is 6.31. The number of aromatic nitrogens is 2. The summed E-state index contributed by atoms with van der Waals surface area (Å²) in [5, 5.41) is 1.04. The molecule has 1 aromatic heterocycles. The molecule has 4 aromatic rings. The normalized spacial score (nSPS) is 11.4. The largest absolute Gasteiger partial charge is 0.268 e. The van der Waals surface area contributed by atoms with Gasteiger partial charge in [-0.05, 0) is 54.1 Å².